The number of nitrogens with zero attached hydrogens (tertiary/aromatic N) is 1. The maximum Gasteiger partial charge on any atom is 0.0494 e. The zero-order chi connectivity index (χ0) is 11.1. The van der Waals surface area contributed by atoms with Crippen molar-refractivity contribution in [3.8, 4) is 0 Å². The van der Waals surface area contributed by atoms with Crippen LogP contribution in [0.4, 0.5) is 5.69 Å². The number of halogens is 1. The minimum atomic E-state index is 0.188. The second-order valence-electron chi connectivity index (χ2n) is 4.90. The minimum absolute atomic E-state index is 0.188. The van der Waals surface area contributed by atoms with Gasteiger partial charge in [-0.1, -0.05) is 28.8 Å². The van der Waals surface area contributed by atoms with Crippen LogP contribution in [-0.2, 0) is 0 Å². The van der Waals surface area contributed by atoms with Crippen LogP contribution < -0.4 is 10.6 Å². The molecule has 3 heteroatoms. The van der Waals surface area contributed by atoms with Crippen molar-refractivity contribution in [2.75, 3.05) is 11.4 Å². The third kappa shape index (κ3) is 1.66. The molecule has 0 spiro atoms. The molecule has 0 amide bonds. The molecule has 1 unspecified atom stereocenters. The lowest BCUT2D eigenvalue weighted by Crippen LogP contribution is -2.33. The van der Waals surface area contributed by atoms with Gasteiger partial charge in [-0.25, -0.2) is 0 Å². The highest BCUT2D eigenvalue weighted by molar-refractivity contribution is 9.10. The van der Waals surface area contributed by atoms with Gasteiger partial charge in [0.05, 0.1) is 0 Å². The van der Waals surface area contributed by atoms with Gasteiger partial charge in [-0.3, -0.25) is 0 Å². The van der Waals surface area contributed by atoms with Crippen molar-refractivity contribution in [3.05, 3.63) is 28.2 Å². The number of fused-ring (bicyclic) bond motifs is 1. The highest BCUT2D eigenvalue weighted by atomic mass is 79.9. The van der Waals surface area contributed by atoms with Gasteiger partial charge >= 0.3 is 0 Å². The van der Waals surface area contributed by atoms with Gasteiger partial charge in [-0.05, 0) is 36.6 Å². The molecule has 1 aliphatic carbocycles. The van der Waals surface area contributed by atoms with Crippen LogP contribution in [0.15, 0.2) is 22.7 Å². The lowest BCUT2D eigenvalue weighted by molar-refractivity contribution is 0.597. The molecule has 1 atom stereocenters. The molecule has 1 aliphatic heterocycles. The first-order valence-electron chi connectivity index (χ1n) is 6.07. The lowest BCUT2D eigenvalue weighted by atomic mass is 10.1. The third-order valence-electron chi connectivity index (χ3n) is 3.86. The molecular weight excluding hydrogens is 264 g/mol. The normalized spacial score (nSPS) is 25.1. The molecule has 0 saturated heterocycles. The topological polar surface area (TPSA) is 29.3 Å². The van der Waals surface area contributed by atoms with E-state index in [4.69, 9.17) is 5.73 Å². The molecule has 16 heavy (non-hydrogen) atoms. The molecular formula is C13H17BrN2. The Kier molecular flexibility index (Phi) is 2.68. The molecule has 1 saturated carbocycles. The minimum Gasteiger partial charge on any atom is -0.366 e. The van der Waals surface area contributed by atoms with Crippen LogP contribution >= 0.6 is 15.9 Å². The summed E-state index contributed by atoms with van der Waals surface area (Å²) < 4.78 is 1.13. The maximum absolute atomic E-state index is 6.21. The monoisotopic (exact) mass is 280 g/mol. The number of nitrogens with two attached hydrogens (primary N) is 1. The molecule has 2 aliphatic rings. The summed E-state index contributed by atoms with van der Waals surface area (Å²) in [7, 11) is 0. The molecule has 1 fully saturated rings. The molecule has 0 aromatic heterocycles. The first-order valence-corrected chi connectivity index (χ1v) is 6.86. The molecule has 0 bridgehead atoms. The zero-order valence-electron chi connectivity index (χ0n) is 9.32. The molecule has 86 valence electrons. The van der Waals surface area contributed by atoms with Crippen LogP contribution in [0.2, 0.25) is 0 Å². The van der Waals surface area contributed by atoms with E-state index in [1.807, 2.05) is 0 Å². The third-order valence-corrected chi connectivity index (χ3v) is 4.35. The fraction of sp³-hybridized carbons (Fsp3) is 0.538. The second kappa shape index (κ2) is 4.04. The van der Waals surface area contributed by atoms with Gasteiger partial charge < -0.3 is 10.6 Å². The second-order valence-corrected chi connectivity index (χ2v) is 5.82. The summed E-state index contributed by atoms with van der Waals surface area (Å²) in [6.45, 7) is 0.996. The lowest BCUT2D eigenvalue weighted by Gasteiger charge is -2.26. The van der Waals surface area contributed by atoms with E-state index in [-0.39, 0.29) is 6.04 Å². The Morgan fingerprint density at radius 2 is 2.00 bits per heavy atom. The van der Waals surface area contributed by atoms with Gasteiger partial charge in [0, 0.05) is 28.8 Å². The SMILES string of the molecule is NC1CN(C2CCCC2)c2ccc(Br)cc21. The van der Waals surface area contributed by atoms with E-state index >= 15 is 0 Å². The van der Waals surface area contributed by atoms with Crippen molar-refractivity contribution in [3.63, 3.8) is 0 Å². The first-order chi connectivity index (χ1) is 7.75. The Labute approximate surface area is 105 Å². The summed E-state index contributed by atoms with van der Waals surface area (Å²) in [5.41, 5.74) is 8.88. The largest absolute Gasteiger partial charge is 0.366 e. The molecule has 1 aromatic rings. The zero-order valence-corrected chi connectivity index (χ0v) is 10.9. The highest BCUT2D eigenvalue weighted by Crippen LogP contribution is 2.39. The van der Waals surface area contributed by atoms with E-state index in [0.717, 1.165) is 17.1 Å². The first kappa shape index (κ1) is 10.6. The van der Waals surface area contributed by atoms with E-state index in [9.17, 15) is 0 Å². The highest BCUT2D eigenvalue weighted by Gasteiger charge is 2.32. The van der Waals surface area contributed by atoms with Crippen LogP contribution in [0.3, 0.4) is 0 Å². The van der Waals surface area contributed by atoms with Crippen LogP contribution in [0.1, 0.15) is 37.3 Å². The van der Waals surface area contributed by atoms with Crippen molar-refractivity contribution in [2.45, 2.75) is 37.8 Å². The average Bonchev–Trinajstić information content (AvgIpc) is 2.87. The van der Waals surface area contributed by atoms with E-state index in [0.29, 0.717) is 0 Å². The van der Waals surface area contributed by atoms with Gasteiger partial charge in [0.2, 0.25) is 0 Å². The summed E-state index contributed by atoms with van der Waals surface area (Å²) in [5.74, 6) is 0. The molecule has 0 radical (unpaired) electrons. The van der Waals surface area contributed by atoms with Gasteiger partial charge in [0.15, 0.2) is 0 Å². The van der Waals surface area contributed by atoms with Crippen LogP contribution in [0.25, 0.3) is 0 Å². The van der Waals surface area contributed by atoms with Gasteiger partial charge in [-0.15, -0.1) is 0 Å². The smallest absolute Gasteiger partial charge is 0.0494 e. The predicted octanol–water partition coefficient (Wildman–Crippen LogP) is 3.21. The van der Waals surface area contributed by atoms with E-state index in [1.54, 1.807) is 0 Å². The fourth-order valence-electron chi connectivity index (χ4n) is 3.05. The van der Waals surface area contributed by atoms with Crippen molar-refractivity contribution >= 4 is 21.6 Å². The van der Waals surface area contributed by atoms with E-state index in [1.165, 1.54) is 36.9 Å². The molecule has 2 N–H and O–H groups in total. The summed E-state index contributed by atoms with van der Waals surface area (Å²) in [4.78, 5) is 2.53. The molecule has 3 rings (SSSR count). The van der Waals surface area contributed by atoms with Gasteiger partial charge in [-0.2, -0.15) is 0 Å². The fourth-order valence-corrected chi connectivity index (χ4v) is 3.43. The Hall–Kier alpha value is -0.540. The predicted molar refractivity (Wildman–Crippen MR) is 70.7 cm³/mol. The Morgan fingerprint density at radius 3 is 2.75 bits per heavy atom. The standard InChI is InChI=1S/C13H17BrN2/c14-9-5-6-13-11(7-9)12(15)8-16(13)10-3-1-2-4-10/h5-7,10,12H,1-4,8,15H2. The Balaban J connectivity index is 1.95. The van der Waals surface area contributed by atoms with Crippen LogP contribution in [0.5, 0.6) is 0 Å². The summed E-state index contributed by atoms with van der Waals surface area (Å²) in [5, 5.41) is 0. The number of hydrogen-bond donors (Lipinski definition) is 1. The van der Waals surface area contributed by atoms with Crippen LogP contribution in [-0.4, -0.2) is 12.6 Å². The number of rotatable bonds is 1. The summed E-state index contributed by atoms with van der Waals surface area (Å²) in [6, 6.07) is 7.43. The van der Waals surface area contributed by atoms with E-state index in [2.05, 4.69) is 39.0 Å². The Morgan fingerprint density at radius 1 is 1.25 bits per heavy atom. The Bertz CT molecular complexity index is 399. The van der Waals surface area contributed by atoms with Crippen molar-refractivity contribution in [1.29, 1.82) is 0 Å². The van der Waals surface area contributed by atoms with Crippen molar-refractivity contribution < 1.29 is 0 Å². The van der Waals surface area contributed by atoms with E-state index < -0.39 is 0 Å². The summed E-state index contributed by atoms with van der Waals surface area (Å²) in [6.07, 6.45) is 5.43. The van der Waals surface area contributed by atoms with Crippen LogP contribution in [0, 0.1) is 0 Å². The number of hydrogen-bond acceptors (Lipinski definition) is 2. The number of benzene rings is 1. The molecule has 1 heterocycles. The van der Waals surface area contributed by atoms with Crippen molar-refractivity contribution in [1.82, 2.24) is 0 Å². The molecule has 2 nitrogen and oxygen atoms in total. The van der Waals surface area contributed by atoms with Crippen molar-refractivity contribution in [2.24, 2.45) is 5.73 Å². The average molecular weight is 281 g/mol. The quantitative estimate of drug-likeness (QED) is 0.856. The number of anilines is 1. The van der Waals surface area contributed by atoms with Gasteiger partial charge in [0.25, 0.3) is 0 Å². The van der Waals surface area contributed by atoms with Gasteiger partial charge in [0.1, 0.15) is 0 Å². The summed E-state index contributed by atoms with van der Waals surface area (Å²) >= 11 is 3.52. The maximum atomic E-state index is 6.21. The molecule has 1 aromatic carbocycles.